The Hall–Kier alpha value is -1.35. The molecule has 0 saturated carbocycles. The lowest BCUT2D eigenvalue weighted by Crippen LogP contribution is -2.34. The molecule has 3 nitrogen and oxygen atoms in total. The molecule has 0 aromatic heterocycles. The second kappa shape index (κ2) is 6.01. The minimum Gasteiger partial charge on any atom is -0.341 e. The highest BCUT2D eigenvalue weighted by Crippen LogP contribution is 2.11. The molecule has 100 valence electrons. The van der Waals surface area contributed by atoms with Crippen LogP contribution in [0.2, 0.25) is 0 Å². The molecule has 3 heteroatoms. The summed E-state index contributed by atoms with van der Waals surface area (Å²) in [5.41, 5.74) is 7.99. The maximum atomic E-state index is 11.9. The number of carbonyl (C=O) groups excluding carboxylic acids is 1. The summed E-state index contributed by atoms with van der Waals surface area (Å²) in [7, 11) is 1.84. The molecule has 18 heavy (non-hydrogen) atoms. The van der Waals surface area contributed by atoms with Crippen LogP contribution in [0.1, 0.15) is 37.8 Å². The van der Waals surface area contributed by atoms with Gasteiger partial charge in [0.1, 0.15) is 0 Å². The van der Waals surface area contributed by atoms with Crippen molar-refractivity contribution in [2.24, 2.45) is 5.73 Å². The summed E-state index contributed by atoms with van der Waals surface area (Å²) >= 11 is 0. The van der Waals surface area contributed by atoms with Gasteiger partial charge in [-0.15, -0.1) is 0 Å². The van der Waals surface area contributed by atoms with E-state index in [-0.39, 0.29) is 11.4 Å². The quantitative estimate of drug-likeness (QED) is 0.870. The lowest BCUT2D eigenvalue weighted by atomic mass is 10.00. The molecule has 0 atom stereocenters. The van der Waals surface area contributed by atoms with Crippen LogP contribution in [0.25, 0.3) is 0 Å². The molecule has 0 saturated heterocycles. The van der Waals surface area contributed by atoms with Crippen LogP contribution in [0.15, 0.2) is 24.3 Å². The van der Waals surface area contributed by atoms with Gasteiger partial charge in [-0.3, -0.25) is 4.79 Å². The van der Waals surface area contributed by atoms with Crippen LogP contribution in [-0.2, 0) is 11.3 Å². The normalized spacial score (nSPS) is 11.4. The van der Waals surface area contributed by atoms with Crippen LogP contribution in [0.5, 0.6) is 0 Å². The Morgan fingerprint density at radius 2 is 1.83 bits per heavy atom. The summed E-state index contributed by atoms with van der Waals surface area (Å²) in [4.78, 5) is 13.7. The average Bonchev–Trinajstić information content (AvgIpc) is 2.28. The zero-order chi connectivity index (χ0) is 13.8. The Labute approximate surface area is 110 Å². The standard InChI is InChI=1S/C15H24N2O/c1-12-5-7-13(8-6-12)11-17(4)14(18)9-10-15(2,3)16/h5-8H,9-11,16H2,1-4H3. The van der Waals surface area contributed by atoms with Gasteiger partial charge in [-0.2, -0.15) is 0 Å². The Morgan fingerprint density at radius 3 is 2.33 bits per heavy atom. The van der Waals surface area contributed by atoms with Crippen LogP contribution in [0.4, 0.5) is 0 Å². The molecule has 0 unspecified atom stereocenters. The molecule has 1 aromatic rings. The minimum absolute atomic E-state index is 0.147. The maximum absolute atomic E-state index is 11.9. The monoisotopic (exact) mass is 248 g/mol. The van der Waals surface area contributed by atoms with Crippen LogP contribution in [0, 0.1) is 6.92 Å². The van der Waals surface area contributed by atoms with Crippen molar-refractivity contribution in [3.8, 4) is 0 Å². The van der Waals surface area contributed by atoms with E-state index < -0.39 is 0 Å². The summed E-state index contributed by atoms with van der Waals surface area (Å²) < 4.78 is 0. The van der Waals surface area contributed by atoms with E-state index in [0.29, 0.717) is 19.4 Å². The number of rotatable bonds is 5. The molecule has 0 fully saturated rings. The molecule has 0 bridgehead atoms. The summed E-state index contributed by atoms with van der Waals surface area (Å²) in [5.74, 6) is 0.147. The molecule has 1 aromatic carbocycles. The van der Waals surface area contributed by atoms with Crippen LogP contribution in [-0.4, -0.2) is 23.4 Å². The van der Waals surface area contributed by atoms with Gasteiger partial charge in [0.25, 0.3) is 0 Å². The van der Waals surface area contributed by atoms with Gasteiger partial charge in [0, 0.05) is 25.6 Å². The SMILES string of the molecule is Cc1ccc(CN(C)C(=O)CCC(C)(C)N)cc1. The number of hydrogen-bond acceptors (Lipinski definition) is 2. The summed E-state index contributed by atoms with van der Waals surface area (Å²) in [6.45, 7) is 6.60. The van der Waals surface area contributed by atoms with Crippen molar-refractivity contribution in [2.45, 2.75) is 45.7 Å². The Morgan fingerprint density at radius 1 is 1.28 bits per heavy atom. The number of carbonyl (C=O) groups is 1. The van der Waals surface area contributed by atoms with E-state index in [1.807, 2.05) is 20.9 Å². The van der Waals surface area contributed by atoms with Gasteiger partial charge in [-0.1, -0.05) is 29.8 Å². The third kappa shape index (κ3) is 5.32. The third-order valence-corrected chi connectivity index (χ3v) is 2.95. The molecular weight excluding hydrogens is 224 g/mol. The fourth-order valence-electron chi connectivity index (χ4n) is 1.68. The van der Waals surface area contributed by atoms with Crippen LogP contribution in [0.3, 0.4) is 0 Å². The van der Waals surface area contributed by atoms with Crippen LogP contribution < -0.4 is 5.73 Å². The Balaban J connectivity index is 2.47. The van der Waals surface area contributed by atoms with Crippen molar-refractivity contribution in [2.75, 3.05) is 7.05 Å². The average molecular weight is 248 g/mol. The van der Waals surface area contributed by atoms with Crippen molar-refractivity contribution >= 4 is 5.91 Å². The van der Waals surface area contributed by atoms with Gasteiger partial charge in [0.15, 0.2) is 0 Å². The number of benzene rings is 1. The van der Waals surface area contributed by atoms with Crippen molar-refractivity contribution in [1.29, 1.82) is 0 Å². The van der Waals surface area contributed by atoms with Gasteiger partial charge in [-0.25, -0.2) is 0 Å². The summed E-state index contributed by atoms with van der Waals surface area (Å²) in [6.07, 6.45) is 1.22. The predicted molar refractivity (Wildman–Crippen MR) is 75.2 cm³/mol. The van der Waals surface area contributed by atoms with E-state index in [1.54, 1.807) is 4.90 Å². The zero-order valence-electron chi connectivity index (χ0n) is 11.9. The van der Waals surface area contributed by atoms with Crippen molar-refractivity contribution in [3.05, 3.63) is 35.4 Å². The van der Waals surface area contributed by atoms with Crippen molar-refractivity contribution in [1.82, 2.24) is 4.90 Å². The molecule has 2 N–H and O–H groups in total. The highest BCUT2D eigenvalue weighted by molar-refractivity contribution is 5.75. The van der Waals surface area contributed by atoms with E-state index in [9.17, 15) is 4.79 Å². The van der Waals surface area contributed by atoms with Gasteiger partial charge in [0.05, 0.1) is 0 Å². The van der Waals surface area contributed by atoms with Crippen LogP contribution >= 0.6 is 0 Å². The number of aryl methyl sites for hydroxylation is 1. The molecule has 1 rings (SSSR count). The largest absolute Gasteiger partial charge is 0.341 e. The first kappa shape index (κ1) is 14.7. The molecule has 0 spiro atoms. The molecule has 0 aliphatic heterocycles. The number of nitrogens with two attached hydrogens (primary N) is 1. The van der Waals surface area contributed by atoms with Crippen molar-refractivity contribution in [3.63, 3.8) is 0 Å². The van der Waals surface area contributed by atoms with Gasteiger partial charge < -0.3 is 10.6 Å². The van der Waals surface area contributed by atoms with Gasteiger partial charge in [-0.05, 0) is 32.8 Å². The van der Waals surface area contributed by atoms with E-state index >= 15 is 0 Å². The van der Waals surface area contributed by atoms with E-state index in [0.717, 1.165) is 5.56 Å². The molecular formula is C15H24N2O. The third-order valence-electron chi connectivity index (χ3n) is 2.95. The summed E-state index contributed by atoms with van der Waals surface area (Å²) in [6, 6.07) is 8.26. The zero-order valence-corrected chi connectivity index (χ0v) is 11.9. The summed E-state index contributed by atoms with van der Waals surface area (Å²) in [5, 5.41) is 0. The van der Waals surface area contributed by atoms with E-state index in [4.69, 9.17) is 5.73 Å². The first-order valence-electron chi connectivity index (χ1n) is 6.36. The maximum Gasteiger partial charge on any atom is 0.222 e. The highest BCUT2D eigenvalue weighted by Gasteiger charge is 2.15. The first-order valence-corrected chi connectivity index (χ1v) is 6.36. The lowest BCUT2D eigenvalue weighted by molar-refractivity contribution is -0.130. The Kier molecular flexibility index (Phi) is 4.91. The fraction of sp³-hybridized carbons (Fsp3) is 0.533. The van der Waals surface area contributed by atoms with Gasteiger partial charge >= 0.3 is 0 Å². The molecule has 0 radical (unpaired) electrons. The Bertz CT molecular complexity index is 390. The second-order valence-corrected chi connectivity index (χ2v) is 5.72. The molecule has 1 amide bonds. The highest BCUT2D eigenvalue weighted by atomic mass is 16.2. The molecule has 0 aliphatic carbocycles. The topological polar surface area (TPSA) is 46.3 Å². The smallest absolute Gasteiger partial charge is 0.222 e. The van der Waals surface area contributed by atoms with E-state index in [2.05, 4.69) is 31.2 Å². The minimum atomic E-state index is -0.277. The number of amides is 1. The second-order valence-electron chi connectivity index (χ2n) is 5.72. The molecule has 0 aliphatic rings. The number of nitrogens with zero attached hydrogens (tertiary/aromatic N) is 1. The lowest BCUT2D eigenvalue weighted by Gasteiger charge is -2.21. The van der Waals surface area contributed by atoms with E-state index in [1.165, 1.54) is 5.56 Å². The number of hydrogen-bond donors (Lipinski definition) is 1. The predicted octanol–water partition coefficient (Wildman–Crippen LogP) is 2.47. The first-order chi connectivity index (χ1) is 8.28. The van der Waals surface area contributed by atoms with Crippen molar-refractivity contribution < 1.29 is 4.79 Å². The molecule has 0 heterocycles. The van der Waals surface area contributed by atoms with Gasteiger partial charge in [0.2, 0.25) is 5.91 Å². The fourth-order valence-corrected chi connectivity index (χ4v) is 1.68.